The highest BCUT2D eigenvalue weighted by Crippen LogP contribution is 2.43. The first kappa shape index (κ1) is 26.2. The Bertz CT molecular complexity index is 754. The van der Waals surface area contributed by atoms with Crippen LogP contribution in [0.25, 0.3) is 0 Å². The maximum absolute atomic E-state index is 15.3. The molecule has 0 N–H and O–H groups in total. The van der Waals surface area contributed by atoms with Gasteiger partial charge in [-0.1, -0.05) is 20.8 Å². The van der Waals surface area contributed by atoms with E-state index in [1.54, 1.807) is 13.8 Å². The molecule has 1 aliphatic heterocycles. The van der Waals surface area contributed by atoms with Gasteiger partial charge in [-0.05, 0) is 18.3 Å². The van der Waals surface area contributed by atoms with E-state index >= 15 is 4.39 Å². The first-order valence-electron chi connectivity index (χ1n) is 9.35. The molecule has 0 aromatic rings. The number of alkyl halides is 1. The average molecular weight is 456 g/mol. The van der Waals surface area contributed by atoms with Crippen LogP contribution in [0.15, 0.2) is 0 Å². The van der Waals surface area contributed by atoms with Crippen molar-refractivity contribution in [2.75, 3.05) is 13.4 Å². The average Bonchev–Trinajstić information content (AvgIpc) is 2.63. The SMILES string of the molecule is CC[C@@H](OC(C)=O)[C@@H](OC(C)=O)C1O[C@](OS(C)(=O)=O)(C(=O)OC)C(F)[C@@H](C)[C@H]1C. The number of carbonyl (C=O) groups excluding carboxylic acids is 3. The first-order valence-corrected chi connectivity index (χ1v) is 11.2. The van der Waals surface area contributed by atoms with Crippen LogP contribution in [0, 0.1) is 11.8 Å². The molecule has 1 saturated heterocycles. The van der Waals surface area contributed by atoms with Crippen LogP contribution in [0.2, 0.25) is 0 Å². The van der Waals surface area contributed by atoms with Crippen molar-refractivity contribution >= 4 is 28.0 Å². The third kappa shape index (κ3) is 5.88. The maximum Gasteiger partial charge on any atom is 0.371 e. The fourth-order valence-electron chi connectivity index (χ4n) is 3.42. The zero-order valence-electron chi connectivity index (χ0n) is 18.0. The molecule has 1 aliphatic rings. The molecule has 0 aromatic carbocycles. The van der Waals surface area contributed by atoms with Crippen molar-refractivity contribution in [2.45, 2.75) is 71.3 Å². The smallest absolute Gasteiger partial charge is 0.371 e. The summed E-state index contributed by atoms with van der Waals surface area (Å²) < 4.78 is 64.4. The minimum atomic E-state index is -4.39. The number of methoxy groups -OCH3 is 1. The lowest BCUT2D eigenvalue weighted by Crippen LogP contribution is -2.66. The summed E-state index contributed by atoms with van der Waals surface area (Å²) >= 11 is 0. The number of ether oxygens (including phenoxy) is 4. The number of esters is 3. The van der Waals surface area contributed by atoms with Crippen molar-refractivity contribution in [3.8, 4) is 0 Å². The summed E-state index contributed by atoms with van der Waals surface area (Å²) in [7, 11) is -3.47. The first-order chi connectivity index (χ1) is 13.7. The maximum atomic E-state index is 15.3. The van der Waals surface area contributed by atoms with Gasteiger partial charge in [0.1, 0.15) is 12.2 Å². The normalized spacial score (nSPS) is 31.3. The molecular weight excluding hydrogens is 427 g/mol. The predicted octanol–water partition coefficient (Wildman–Crippen LogP) is 1.11. The number of hydrogen-bond acceptors (Lipinski definition) is 10. The largest absolute Gasteiger partial charge is 0.465 e. The lowest BCUT2D eigenvalue weighted by Gasteiger charge is -2.48. The Morgan fingerprint density at radius 3 is 2.03 bits per heavy atom. The lowest BCUT2D eigenvalue weighted by atomic mass is 9.78. The highest BCUT2D eigenvalue weighted by Gasteiger charge is 2.63. The van der Waals surface area contributed by atoms with Gasteiger partial charge in [0.2, 0.25) is 0 Å². The Labute approximate surface area is 175 Å². The summed E-state index contributed by atoms with van der Waals surface area (Å²) in [5.41, 5.74) is 0. The molecule has 0 saturated carbocycles. The Kier molecular flexibility index (Phi) is 8.76. The molecule has 1 fully saturated rings. The zero-order valence-corrected chi connectivity index (χ0v) is 18.9. The molecule has 0 bridgehead atoms. The molecule has 0 aromatic heterocycles. The number of hydrogen-bond donors (Lipinski definition) is 0. The molecule has 0 aliphatic carbocycles. The molecule has 174 valence electrons. The van der Waals surface area contributed by atoms with Gasteiger partial charge in [-0.25, -0.2) is 13.4 Å². The fraction of sp³-hybridized carbons (Fsp3) is 0.833. The van der Waals surface area contributed by atoms with Crippen LogP contribution in [0.1, 0.15) is 41.0 Å². The van der Waals surface area contributed by atoms with Crippen LogP contribution < -0.4 is 0 Å². The van der Waals surface area contributed by atoms with Crippen LogP contribution in [0.3, 0.4) is 0 Å². The minimum Gasteiger partial charge on any atom is -0.465 e. The van der Waals surface area contributed by atoms with Gasteiger partial charge in [0, 0.05) is 13.8 Å². The van der Waals surface area contributed by atoms with E-state index in [2.05, 4.69) is 4.74 Å². The predicted molar refractivity (Wildman–Crippen MR) is 100 cm³/mol. The molecule has 0 spiro atoms. The third-order valence-corrected chi connectivity index (χ3v) is 5.49. The van der Waals surface area contributed by atoms with Crippen molar-refractivity contribution in [3.05, 3.63) is 0 Å². The molecule has 7 atom stereocenters. The van der Waals surface area contributed by atoms with E-state index in [1.165, 1.54) is 6.92 Å². The standard InChI is InChI=1S/C18H29FO10S/c1-8-13(26-11(4)20)15(27-12(5)21)14-9(2)10(3)16(19)18(28-14,17(22)25-6)29-30(7,23)24/h9-10,13-16H,8H2,1-7H3/t9-,10+,13-,14?,15-,16?,18-/m1/s1. The van der Waals surface area contributed by atoms with E-state index in [-0.39, 0.29) is 6.42 Å². The van der Waals surface area contributed by atoms with Gasteiger partial charge in [-0.2, -0.15) is 8.42 Å². The monoisotopic (exact) mass is 456 g/mol. The van der Waals surface area contributed by atoms with Gasteiger partial charge in [0.15, 0.2) is 12.3 Å². The summed E-state index contributed by atoms with van der Waals surface area (Å²) in [6.07, 6.45) is -4.94. The third-order valence-electron chi connectivity index (χ3n) is 4.94. The second-order valence-electron chi connectivity index (χ2n) is 7.28. The van der Waals surface area contributed by atoms with Gasteiger partial charge in [-0.3, -0.25) is 9.59 Å². The highest BCUT2D eigenvalue weighted by atomic mass is 32.2. The molecule has 10 nitrogen and oxygen atoms in total. The zero-order chi connectivity index (χ0) is 23.4. The Hall–Kier alpha value is -1.79. The van der Waals surface area contributed by atoms with Crippen molar-refractivity contribution < 1.29 is 50.3 Å². The van der Waals surface area contributed by atoms with Crippen LogP contribution >= 0.6 is 0 Å². The molecular formula is C18H29FO10S. The quantitative estimate of drug-likeness (QED) is 0.297. The van der Waals surface area contributed by atoms with Crippen LogP contribution in [0.5, 0.6) is 0 Å². The summed E-state index contributed by atoms with van der Waals surface area (Å²) in [6.45, 7) is 6.92. The molecule has 1 heterocycles. The Morgan fingerprint density at radius 1 is 1.10 bits per heavy atom. The van der Waals surface area contributed by atoms with Crippen molar-refractivity contribution in [2.24, 2.45) is 11.8 Å². The van der Waals surface area contributed by atoms with Gasteiger partial charge < -0.3 is 18.9 Å². The molecule has 30 heavy (non-hydrogen) atoms. The molecule has 12 heteroatoms. The van der Waals surface area contributed by atoms with Crippen molar-refractivity contribution in [3.63, 3.8) is 0 Å². The van der Waals surface area contributed by atoms with Crippen LogP contribution in [0.4, 0.5) is 4.39 Å². The van der Waals surface area contributed by atoms with Crippen LogP contribution in [-0.4, -0.2) is 70.0 Å². The van der Waals surface area contributed by atoms with Gasteiger partial charge in [-0.15, -0.1) is 0 Å². The number of rotatable bonds is 8. The van der Waals surface area contributed by atoms with Crippen LogP contribution in [-0.2, 0) is 47.6 Å². The summed E-state index contributed by atoms with van der Waals surface area (Å²) in [4.78, 5) is 35.7. The molecule has 0 amide bonds. The fourth-order valence-corrected chi connectivity index (χ4v) is 4.07. The van der Waals surface area contributed by atoms with E-state index in [1.807, 2.05) is 0 Å². The van der Waals surface area contributed by atoms with Gasteiger partial charge in [0.25, 0.3) is 10.1 Å². The van der Waals surface area contributed by atoms with Crippen molar-refractivity contribution in [1.82, 2.24) is 0 Å². The van der Waals surface area contributed by atoms with E-state index in [9.17, 15) is 22.8 Å². The number of carbonyl (C=O) groups is 3. The lowest BCUT2D eigenvalue weighted by molar-refractivity contribution is -0.308. The van der Waals surface area contributed by atoms with E-state index in [0.29, 0.717) is 6.26 Å². The second kappa shape index (κ2) is 10.0. The molecule has 2 unspecified atom stereocenters. The topological polar surface area (TPSA) is 131 Å². The summed E-state index contributed by atoms with van der Waals surface area (Å²) in [5.74, 6) is -7.46. The van der Waals surface area contributed by atoms with E-state index in [0.717, 1.165) is 21.0 Å². The second-order valence-corrected chi connectivity index (χ2v) is 8.85. The minimum absolute atomic E-state index is 0.190. The van der Waals surface area contributed by atoms with Gasteiger partial charge in [0.05, 0.1) is 13.4 Å². The highest BCUT2D eigenvalue weighted by molar-refractivity contribution is 7.86. The van der Waals surface area contributed by atoms with E-state index < -0.39 is 70.1 Å². The Morgan fingerprint density at radius 2 is 1.63 bits per heavy atom. The van der Waals surface area contributed by atoms with Gasteiger partial charge >= 0.3 is 23.7 Å². The van der Waals surface area contributed by atoms with Crippen molar-refractivity contribution in [1.29, 1.82) is 0 Å². The number of halogens is 1. The summed E-state index contributed by atoms with van der Waals surface area (Å²) in [6, 6.07) is 0. The molecule has 0 radical (unpaired) electrons. The molecule has 1 rings (SSSR count). The summed E-state index contributed by atoms with van der Waals surface area (Å²) in [5, 5.41) is 0. The Balaban J connectivity index is 3.57. The van der Waals surface area contributed by atoms with E-state index in [4.69, 9.17) is 18.4 Å².